The van der Waals surface area contributed by atoms with Gasteiger partial charge in [-0.1, -0.05) is 0 Å². The number of hydrogen-bond donors (Lipinski definition) is 0. The first-order valence-corrected chi connectivity index (χ1v) is 12.2. The number of rotatable bonds is 3. The van der Waals surface area contributed by atoms with Crippen LogP contribution in [-0.4, -0.2) is 53.2 Å². The van der Waals surface area contributed by atoms with Crippen molar-refractivity contribution in [3.8, 4) is 11.4 Å². The van der Waals surface area contributed by atoms with Crippen molar-refractivity contribution in [1.29, 1.82) is 0 Å². The molecule has 4 aliphatic rings. The van der Waals surface area contributed by atoms with Gasteiger partial charge >= 0.3 is 6.18 Å². The summed E-state index contributed by atoms with van der Waals surface area (Å²) in [6, 6.07) is 2.29. The van der Waals surface area contributed by atoms with E-state index in [2.05, 4.69) is 15.1 Å². The normalized spacial score (nSPS) is 25.1. The smallest absolute Gasteiger partial charge is 0.331 e. The summed E-state index contributed by atoms with van der Waals surface area (Å²) < 4.78 is 70.4. The van der Waals surface area contributed by atoms with E-state index in [4.69, 9.17) is 0 Å². The molecular weight excluding hydrogens is 495 g/mol. The Kier molecular flexibility index (Phi) is 4.72. The Hall–Kier alpha value is -3.57. The number of pyridine rings is 2. The number of hydrogen-bond acceptors (Lipinski definition) is 4. The molecule has 0 unspecified atom stereocenters. The molecule has 4 fully saturated rings. The zero-order chi connectivity index (χ0) is 25.6. The number of halogens is 5. The second-order valence-corrected chi connectivity index (χ2v) is 10.5. The fraction of sp³-hybridized carbons (Fsp3) is 0.440. The highest BCUT2D eigenvalue weighted by Crippen LogP contribution is 2.49. The largest absolute Gasteiger partial charge is 0.408 e. The number of imidazole rings is 1. The van der Waals surface area contributed by atoms with Crippen LogP contribution in [0.3, 0.4) is 0 Å². The van der Waals surface area contributed by atoms with Crippen molar-refractivity contribution in [2.45, 2.75) is 56.9 Å². The first-order chi connectivity index (χ1) is 17.6. The van der Waals surface area contributed by atoms with Crippen molar-refractivity contribution in [2.75, 3.05) is 0 Å². The number of carbonyl (C=O) groups is 1. The third-order valence-electron chi connectivity index (χ3n) is 8.06. The van der Waals surface area contributed by atoms with Crippen LogP contribution in [0.25, 0.3) is 27.9 Å². The van der Waals surface area contributed by atoms with Gasteiger partial charge in [-0.05, 0) is 50.0 Å². The quantitative estimate of drug-likeness (QED) is 0.360. The maximum absolute atomic E-state index is 14.2. The van der Waals surface area contributed by atoms with E-state index in [1.165, 1.54) is 24.9 Å². The van der Waals surface area contributed by atoms with Gasteiger partial charge in [-0.2, -0.15) is 18.3 Å². The van der Waals surface area contributed by atoms with Crippen LogP contribution in [-0.2, 0) is 6.54 Å². The van der Waals surface area contributed by atoms with Crippen LogP contribution in [0.5, 0.6) is 0 Å². The van der Waals surface area contributed by atoms with Gasteiger partial charge in [0.1, 0.15) is 23.7 Å². The molecule has 8 rings (SSSR count). The Balaban J connectivity index is 1.34. The minimum Gasteiger partial charge on any atom is -0.331 e. The molecule has 7 nitrogen and oxygen atoms in total. The van der Waals surface area contributed by atoms with E-state index in [1.807, 2.05) is 4.90 Å². The highest BCUT2D eigenvalue weighted by atomic mass is 19.4. The van der Waals surface area contributed by atoms with Crippen molar-refractivity contribution in [2.24, 2.45) is 11.8 Å². The SMILES string of the molecule is O=C(c1cc2c(cn1)c(-c1cnc3c(F)cc(F)cn13)nn2CC(F)(F)F)N1C2CC3CC(C2)CC1C3. The van der Waals surface area contributed by atoms with Gasteiger partial charge in [-0.25, -0.2) is 13.8 Å². The first kappa shape index (κ1) is 22.6. The number of nitrogens with zero attached hydrogens (tertiary/aromatic N) is 6. The van der Waals surface area contributed by atoms with Gasteiger partial charge < -0.3 is 4.90 Å². The van der Waals surface area contributed by atoms with Gasteiger partial charge in [0.05, 0.1) is 17.4 Å². The second kappa shape index (κ2) is 7.72. The maximum atomic E-state index is 14.2. The molecule has 192 valence electrons. The summed E-state index contributed by atoms with van der Waals surface area (Å²) in [7, 11) is 0. The molecular formula is C25H21F5N6O. The van der Waals surface area contributed by atoms with E-state index >= 15 is 0 Å². The minimum atomic E-state index is -4.59. The maximum Gasteiger partial charge on any atom is 0.408 e. The molecule has 2 saturated heterocycles. The standard InChI is InChI=1S/C25H21F5N6O/c26-14-6-18(27)23-32-9-21(34(23)10-14)22-17-8-31-19(7-20(17)35(33-22)11-25(28,29)30)24(37)36-15-2-12-1-13(4-15)5-16(36)3-12/h6-10,12-13,15-16H,1-5,11H2. The first-order valence-electron chi connectivity index (χ1n) is 12.2. The van der Waals surface area contributed by atoms with Gasteiger partial charge in [0, 0.05) is 35.9 Å². The highest BCUT2D eigenvalue weighted by Gasteiger charge is 2.49. The average molecular weight is 516 g/mol. The van der Waals surface area contributed by atoms with Gasteiger partial charge in [-0.3, -0.25) is 18.9 Å². The van der Waals surface area contributed by atoms with E-state index in [0.717, 1.165) is 41.0 Å². The van der Waals surface area contributed by atoms with Crippen LogP contribution >= 0.6 is 0 Å². The lowest BCUT2D eigenvalue weighted by Gasteiger charge is -2.56. The summed E-state index contributed by atoms with van der Waals surface area (Å²) >= 11 is 0. The molecule has 2 aliphatic carbocycles. The molecule has 0 radical (unpaired) electrons. The van der Waals surface area contributed by atoms with Gasteiger partial charge in [0.15, 0.2) is 11.5 Å². The molecule has 2 saturated carbocycles. The fourth-order valence-corrected chi connectivity index (χ4v) is 6.85. The van der Waals surface area contributed by atoms with E-state index in [0.29, 0.717) is 17.9 Å². The van der Waals surface area contributed by atoms with Crippen LogP contribution in [0.15, 0.2) is 30.7 Å². The Morgan fingerprint density at radius 2 is 1.68 bits per heavy atom. The molecule has 4 aromatic heterocycles. The number of aromatic nitrogens is 5. The van der Waals surface area contributed by atoms with Crippen LogP contribution < -0.4 is 0 Å². The van der Waals surface area contributed by atoms with Crippen molar-refractivity contribution >= 4 is 22.5 Å². The third kappa shape index (κ3) is 3.59. The number of carbonyl (C=O) groups excluding carboxylic acids is 1. The minimum absolute atomic E-state index is 0.0261. The number of piperidine rings is 2. The van der Waals surface area contributed by atoms with Gasteiger partial charge in [-0.15, -0.1) is 0 Å². The summed E-state index contributed by atoms with van der Waals surface area (Å²) in [5.74, 6) is -0.799. The molecule has 6 heterocycles. The molecule has 0 aromatic carbocycles. The molecule has 2 aliphatic heterocycles. The van der Waals surface area contributed by atoms with E-state index in [9.17, 15) is 26.7 Å². The van der Waals surface area contributed by atoms with Crippen molar-refractivity contribution in [1.82, 2.24) is 29.0 Å². The topological polar surface area (TPSA) is 68.3 Å². The van der Waals surface area contributed by atoms with Crippen LogP contribution in [0.1, 0.15) is 42.6 Å². The monoisotopic (exact) mass is 516 g/mol. The average Bonchev–Trinajstić information content (AvgIpc) is 3.38. The number of fused-ring (bicyclic) bond motifs is 2. The highest BCUT2D eigenvalue weighted by molar-refractivity contribution is 5.99. The number of amides is 1. The van der Waals surface area contributed by atoms with Crippen LogP contribution in [0.4, 0.5) is 22.0 Å². The predicted molar refractivity (Wildman–Crippen MR) is 121 cm³/mol. The van der Waals surface area contributed by atoms with Crippen LogP contribution in [0, 0.1) is 23.5 Å². The van der Waals surface area contributed by atoms with Crippen molar-refractivity contribution in [3.05, 3.63) is 48.1 Å². The lowest BCUT2D eigenvalue weighted by Crippen LogP contribution is -2.59. The summed E-state index contributed by atoms with van der Waals surface area (Å²) in [6.07, 6.45) is 3.97. The zero-order valence-electron chi connectivity index (χ0n) is 19.4. The zero-order valence-corrected chi connectivity index (χ0v) is 19.4. The number of alkyl halides is 3. The van der Waals surface area contributed by atoms with Crippen molar-refractivity contribution < 1.29 is 26.7 Å². The molecule has 0 atom stereocenters. The fourth-order valence-electron chi connectivity index (χ4n) is 6.85. The molecule has 0 N–H and O–H groups in total. The second-order valence-electron chi connectivity index (χ2n) is 10.5. The predicted octanol–water partition coefficient (Wildman–Crippen LogP) is 4.99. The summed E-state index contributed by atoms with van der Waals surface area (Å²) in [5, 5.41) is 4.35. The van der Waals surface area contributed by atoms with Crippen LogP contribution in [0.2, 0.25) is 0 Å². The Morgan fingerprint density at radius 3 is 2.35 bits per heavy atom. The Bertz CT molecular complexity index is 1550. The lowest BCUT2D eigenvalue weighted by atomic mass is 9.63. The molecule has 4 bridgehead atoms. The summed E-state index contributed by atoms with van der Waals surface area (Å²) in [5.41, 5.74) is 0.0557. The lowest BCUT2D eigenvalue weighted by molar-refractivity contribution is -0.141. The third-order valence-corrected chi connectivity index (χ3v) is 8.06. The van der Waals surface area contributed by atoms with Gasteiger partial charge in [0.2, 0.25) is 0 Å². The van der Waals surface area contributed by atoms with E-state index in [1.54, 1.807) is 0 Å². The molecule has 0 spiro atoms. The Labute approximate surface area is 206 Å². The van der Waals surface area contributed by atoms with E-state index in [-0.39, 0.29) is 51.6 Å². The summed E-state index contributed by atoms with van der Waals surface area (Å²) in [6.45, 7) is -1.40. The van der Waals surface area contributed by atoms with Crippen molar-refractivity contribution in [3.63, 3.8) is 0 Å². The Morgan fingerprint density at radius 1 is 0.973 bits per heavy atom. The van der Waals surface area contributed by atoms with Gasteiger partial charge in [0.25, 0.3) is 5.91 Å². The molecule has 1 amide bonds. The summed E-state index contributed by atoms with van der Waals surface area (Å²) in [4.78, 5) is 23.7. The van der Waals surface area contributed by atoms with E-state index < -0.39 is 24.4 Å². The molecule has 12 heteroatoms. The molecule has 37 heavy (non-hydrogen) atoms. The molecule has 4 aromatic rings.